The third-order valence-electron chi connectivity index (χ3n) is 7.90. The number of rotatable bonds is 9. The van der Waals surface area contributed by atoms with Crippen LogP contribution in [0.3, 0.4) is 0 Å². The van der Waals surface area contributed by atoms with Crippen LogP contribution in [0, 0.1) is 11.6 Å². The second-order valence-corrected chi connectivity index (χ2v) is 10.5. The summed E-state index contributed by atoms with van der Waals surface area (Å²) in [6.45, 7) is 3.40. The molecule has 9 heteroatoms. The van der Waals surface area contributed by atoms with Crippen molar-refractivity contribution in [3.05, 3.63) is 89.5 Å². The van der Waals surface area contributed by atoms with Crippen molar-refractivity contribution in [3.63, 3.8) is 0 Å². The van der Waals surface area contributed by atoms with Gasteiger partial charge in [0.15, 0.2) is 0 Å². The van der Waals surface area contributed by atoms with E-state index in [-0.39, 0.29) is 18.5 Å². The van der Waals surface area contributed by atoms with Crippen molar-refractivity contribution in [2.45, 2.75) is 31.0 Å². The highest BCUT2D eigenvalue weighted by Gasteiger charge is 2.47. The lowest BCUT2D eigenvalue weighted by atomic mass is 9.86. The Hall–Kier alpha value is -3.69. The van der Waals surface area contributed by atoms with E-state index in [1.165, 1.54) is 12.1 Å². The molecule has 212 valence electrons. The summed E-state index contributed by atoms with van der Waals surface area (Å²) >= 11 is 0. The highest BCUT2D eigenvalue weighted by atomic mass is 19.1. The molecule has 5 rings (SSSR count). The molecule has 2 aliphatic rings. The molecule has 7 nitrogen and oxygen atoms in total. The molecule has 0 aliphatic carbocycles. The van der Waals surface area contributed by atoms with Crippen molar-refractivity contribution in [1.82, 2.24) is 15.5 Å². The number of methoxy groups -OCH3 is 2. The summed E-state index contributed by atoms with van der Waals surface area (Å²) < 4.78 is 38.4. The van der Waals surface area contributed by atoms with Gasteiger partial charge in [0.25, 0.3) is 0 Å². The van der Waals surface area contributed by atoms with E-state index in [4.69, 9.17) is 9.47 Å². The fraction of sp³-hybridized carbons (Fsp3) is 0.387. The molecule has 2 N–H and O–H groups in total. The van der Waals surface area contributed by atoms with Gasteiger partial charge in [-0.3, -0.25) is 4.79 Å². The van der Waals surface area contributed by atoms with Gasteiger partial charge in [-0.05, 0) is 24.5 Å². The summed E-state index contributed by atoms with van der Waals surface area (Å²) in [7, 11) is 3.27. The van der Waals surface area contributed by atoms with E-state index in [1.807, 2.05) is 53.4 Å². The predicted octanol–water partition coefficient (Wildman–Crippen LogP) is 3.76. The normalized spacial score (nSPS) is 20.9. The predicted molar refractivity (Wildman–Crippen MR) is 151 cm³/mol. The number of hydrogen-bond donors (Lipinski definition) is 2. The summed E-state index contributed by atoms with van der Waals surface area (Å²) in [5, 5.41) is 6.92. The molecule has 40 heavy (non-hydrogen) atoms. The maximum Gasteiger partial charge on any atom is 0.243 e. The zero-order valence-corrected chi connectivity index (χ0v) is 23.0. The van der Waals surface area contributed by atoms with Crippen LogP contribution in [0.4, 0.5) is 14.5 Å². The Morgan fingerprint density at radius 2 is 1.68 bits per heavy atom. The quantitative estimate of drug-likeness (QED) is 0.423. The van der Waals surface area contributed by atoms with E-state index in [0.29, 0.717) is 51.1 Å². The molecule has 0 radical (unpaired) electrons. The Kier molecular flexibility index (Phi) is 8.52. The highest BCUT2D eigenvalue weighted by Crippen LogP contribution is 2.31. The largest absolute Gasteiger partial charge is 0.497 e. The van der Waals surface area contributed by atoms with Crippen molar-refractivity contribution in [1.29, 1.82) is 0 Å². The standard InChI is InChI=1S/C31H36F2N4O3/c1-39-27-15-26(16-28(17-27)40-2)36-10-12-37(13-11-36)30(38)31(18-22-6-4-3-5-7-22)19-25(21-35-31)34-20-23-8-9-24(32)14-29(23)33/h3-9,14-17,25,34-35H,10-13,18-21H2,1-2H3/t25-,31-/m0/s1. The van der Waals surface area contributed by atoms with Crippen LogP contribution in [-0.4, -0.2) is 69.3 Å². The van der Waals surface area contributed by atoms with E-state index in [0.717, 1.165) is 28.8 Å². The smallest absolute Gasteiger partial charge is 0.243 e. The zero-order chi connectivity index (χ0) is 28.1. The van der Waals surface area contributed by atoms with Gasteiger partial charge in [-0.2, -0.15) is 0 Å². The first kappa shape index (κ1) is 27.9. The number of hydrogen-bond acceptors (Lipinski definition) is 6. The van der Waals surface area contributed by atoms with Gasteiger partial charge in [0.1, 0.15) is 28.7 Å². The molecule has 1 amide bonds. The summed E-state index contributed by atoms with van der Waals surface area (Å²) in [4.78, 5) is 18.3. The molecule has 0 spiro atoms. The first-order chi connectivity index (χ1) is 19.4. The minimum Gasteiger partial charge on any atom is -0.497 e. The van der Waals surface area contributed by atoms with Gasteiger partial charge in [-0.25, -0.2) is 8.78 Å². The number of ether oxygens (including phenoxy) is 2. The van der Waals surface area contributed by atoms with Gasteiger partial charge in [0.2, 0.25) is 5.91 Å². The summed E-state index contributed by atoms with van der Waals surface area (Å²) in [5.41, 5.74) is 1.70. The molecule has 2 fully saturated rings. The Morgan fingerprint density at radius 3 is 2.33 bits per heavy atom. The lowest BCUT2D eigenvalue weighted by Crippen LogP contribution is -2.60. The number of halogens is 2. The molecule has 0 bridgehead atoms. The molecule has 3 aromatic rings. The monoisotopic (exact) mass is 550 g/mol. The molecule has 3 aromatic carbocycles. The molecule has 2 heterocycles. The van der Waals surface area contributed by atoms with Gasteiger partial charge in [0, 0.05) is 80.8 Å². The van der Waals surface area contributed by atoms with Crippen molar-refractivity contribution < 1.29 is 23.0 Å². The van der Waals surface area contributed by atoms with E-state index in [2.05, 4.69) is 15.5 Å². The molecule has 2 atom stereocenters. The number of nitrogens with one attached hydrogen (secondary N) is 2. The van der Waals surface area contributed by atoms with Crippen LogP contribution in [0.2, 0.25) is 0 Å². The van der Waals surface area contributed by atoms with Crippen LogP contribution >= 0.6 is 0 Å². The van der Waals surface area contributed by atoms with E-state index in [9.17, 15) is 13.6 Å². The van der Waals surface area contributed by atoms with Crippen LogP contribution in [0.15, 0.2) is 66.7 Å². The van der Waals surface area contributed by atoms with Crippen LogP contribution in [0.1, 0.15) is 17.5 Å². The number of amides is 1. The average molecular weight is 551 g/mol. The topological polar surface area (TPSA) is 66.1 Å². The maximum absolute atomic E-state index is 14.2. The van der Waals surface area contributed by atoms with Gasteiger partial charge in [-0.1, -0.05) is 36.4 Å². The number of piperazine rings is 1. The van der Waals surface area contributed by atoms with Crippen LogP contribution in [-0.2, 0) is 17.8 Å². The maximum atomic E-state index is 14.2. The Labute approximate surface area is 234 Å². The van der Waals surface area contributed by atoms with E-state index >= 15 is 0 Å². The molecule has 2 saturated heterocycles. The van der Waals surface area contributed by atoms with Crippen molar-refractivity contribution >= 4 is 11.6 Å². The zero-order valence-electron chi connectivity index (χ0n) is 23.0. The lowest BCUT2D eigenvalue weighted by molar-refractivity contribution is -0.138. The number of nitrogens with zero attached hydrogens (tertiary/aromatic N) is 2. The summed E-state index contributed by atoms with van der Waals surface area (Å²) in [5.74, 6) is 0.364. The fourth-order valence-electron chi connectivity index (χ4n) is 5.71. The average Bonchev–Trinajstić information content (AvgIpc) is 3.40. The van der Waals surface area contributed by atoms with E-state index < -0.39 is 17.2 Å². The molecular formula is C31H36F2N4O3. The third kappa shape index (κ3) is 6.21. The van der Waals surface area contributed by atoms with Crippen LogP contribution in [0.25, 0.3) is 0 Å². The Bertz CT molecular complexity index is 1290. The second kappa shape index (κ2) is 12.2. The van der Waals surface area contributed by atoms with Gasteiger partial charge < -0.3 is 29.9 Å². The molecule has 0 aromatic heterocycles. The minimum atomic E-state index is -0.776. The van der Waals surface area contributed by atoms with Crippen molar-refractivity contribution in [2.24, 2.45) is 0 Å². The number of anilines is 1. The summed E-state index contributed by atoms with van der Waals surface area (Å²) in [6.07, 6.45) is 1.12. The Morgan fingerprint density at radius 1 is 0.975 bits per heavy atom. The van der Waals surface area contributed by atoms with Crippen molar-refractivity contribution in [2.75, 3.05) is 51.8 Å². The first-order valence-electron chi connectivity index (χ1n) is 13.6. The van der Waals surface area contributed by atoms with Gasteiger partial charge in [0.05, 0.1) is 14.2 Å². The van der Waals surface area contributed by atoms with Crippen LogP contribution in [0.5, 0.6) is 11.5 Å². The molecule has 2 aliphatic heterocycles. The highest BCUT2D eigenvalue weighted by molar-refractivity contribution is 5.87. The molecule has 0 unspecified atom stereocenters. The van der Waals surface area contributed by atoms with E-state index in [1.54, 1.807) is 14.2 Å². The second-order valence-electron chi connectivity index (χ2n) is 10.5. The van der Waals surface area contributed by atoms with Gasteiger partial charge in [-0.15, -0.1) is 0 Å². The SMILES string of the molecule is COc1cc(OC)cc(N2CCN(C(=O)[C@]3(Cc4ccccc4)C[C@H](NCc4ccc(F)cc4F)CN3)CC2)c1. The van der Waals surface area contributed by atoms with Gasteiger partial charge >= 0.3 is 0 Å². The number of carbonyl (C=O) groups is 1. The lowest BCUT2D eigenvalue weighted by Gasteiger charge is -2.41. The Balaban J connectivity index is 1.28. The molecule has 0 saturated carbocycles. The van der Waals surface area contributed by atoms with Crippen molar-refractivity contribution in [3.8, 4) is 11.5 Å². The number of benzene rings is 3. The third-order valence-corrected chi connectivity index (χ3v) is 7.90. The first-order valence-corrected chi connectivity index (χ1v) is 13.6. The minimum absolute atomic E-state index is 0.0392. The molecular weight excluding hydrogens is 514 g/mol. The van der Waals surface area contributed by atoms with Crippen LogP contribution < -0.4 is 25.0 Å². The summed E-state index contributed by atoms with van der Waals surface area (Å²) in [6, 6.07) is 19.4. The fourth-order valence-corrected chi connectivity index (χ4v) is 5.71. The number of carbonyl (C=O) groups excluding carboxylic acids is 1.